The van der Waals surface area contributed by atoms with Crippen molar-refractivity contribution in [1.82, 2.24) is 4.90 Å². The van der Waals surface area contributed by atoms with Crippen molar-refractivity contribution in [1.29, 1.82) is 0 Å². The molecule has 1 N–H and O–H groups in total. The number of carbonyl (C=O) groups excluding carboxylic acids is 2. The van der Waals surface area contributed by atoms with Crippen molar-refractivity contribution in [2.24, 2.45) is 0 Å². The molecule has 0 saturated carbocycles. The van der Waals surface area contributed by atoms with Crippen LogP contribution in [0.4, 0.5) is 5.69 Å². The van der Waals surface area contributed by atoms with Gasteiger partial charge < -0.3 is 10.2 Å². The molecule has 0 spiro atoms. The van der Waals surface area contributed by atoms with E-state index < -0.39 is 0 Å². The van der Waals surface area contributed by atoms with Crippen LogP contribution in [0.3, 0.4) is 0 Å². The minimum absolute atomic E-state index is 0.0460. The molecule has 0 atom stereocenters. The highest BCUT2D eigenvalue weighted by atomic mass is 16.2. The number of amides is 1. The lowest BCUT2D eigenvalue weighted by Crippen LogP contribution is -2.36. The molecule has 0 aliphatic carbocycles. The number of nitrogens with zero attached hydrogens (tertiary/aromatic N) is 1. The van der Waals surface area contributed by atoms with Crippen molar-refractivity contribution >= 4 is 17.4 Å². The van der Waals surface area contributed by atoms with Gasteiger partial charge in [-0.15, -0.1) is 0 Å². The Morgan fingerprint density at radius 2 is 1.60 bits per heavy atom. The van der Waals surface area contributed by atoms with Crippen molar-refractivity contribution in [2.45, 2.75) is 33.6 Å². The lowest BCUT2D eigenvalue weighted by Gasteiger charge is -2.21. The topological polar surface area (TPSA) is 49.4 Å². The molecule has 0 fully saturated rings. The van der Waals surface area contributed by atoms with Crippen molar-refractivity contribution in [2.75, 3.05) is 25.0 Å². The Hall–Kier alpha value is -1.84. The van der Waals surface area contributed by atoms with Gasteiger partial charge in [-0.25, -0.2) is 0 Å². The molecule has 0 aliphatic heterocycles. The third-order valence-corrected chi connectivity index (χ3v) is 3.07. The van der Waals surface area contributed by atoms with Crippen LogP contribution >= 0.6 is 0 Å². The molecular weight excluding hydrogens is 252 g/mol. The van der Waals surface area contributed by atoms with Crippen molar-refractivity contribution in [3.05, 3.63) is 29.8 Å². The Labute approximate surface area is 121 Å². The van der Waals surface area contributed by atoms with E-state index in [4.69, 9.17) is 0 Å². The van der Waals surface area contributed by atoms with Crippen LogP contribution in [0.2, 0.25) is 0 Å². The number of hydrogen-bond acceptors (Lipinski definition) is 3. The number of ketones is 1. The summed E-state index contributed by atoms with van der Waals surface area (Å²) in [4.78, 5) is 25.1. The third-order valence-electron chi connectivity index (χ3n) is 3.07. The molecule has 0 bridgehead atoms. The van der Waals surface area contributed by atoms with Crippen LogP contribution in [0, 0.1) is 0 Å². The van der Waals surface area contributed by atoms with E-state index >= 15 is 0 Å². The minimum Gasteiger partial charge on any atom is -0.376 e. The lowest BCUT2D eigenvalue weighted by molar-refractivity contribution is -0.129. The van der Waals surface area contributed by atoms with Crippen LogP contribution in [-0.2, 0) is 4.79 Å². The quantitative estimate of drug-likeness (QED) is 0.743. The molecule has 1 amide bonds. The average molecular weight is 276 g/mol. The predicted molar refractivity (Wildman–Crippen MR) is 82.1 cm³/mol. The first-order valence-corrected chi connectivity index (χ1v) is 7.21. The first kappa shape index (κ1) is 16.2. The molecule has 0 heterocycles. The van der Waals surface area contributed by atoms with Gasteiger partial charge in [-0.3, -0.25) is 9.59 Å². The van der Waals surface area contributed by atoms with Gasteiger partial charge in [0.25, 0.3) is 0 Å². The number of hydrogen-bond donors (Lipinski definition) is 1. The van der Waals surface area contributed by atoms with Gasteiger partial charge in [0, 0.05) is 24.3 Å². The average Bonchev–Trinajstić information content (AvgIpc) is 2.45. The maximum atomic E-state index is 12.1. The van der Waals surface area contributed by atoms with E-state index in [1.165, 1.54) is 0 Å². The summed E-state index contributed by atoms with van der Waals surface area (Å²) in [5.74, 6) is 0.161. The van der Waals surface area contributed by atoms with E-state index in [0.717, 1.165) is 31.6 Å². The van der Waals surface area contributed by atoms with E-state index in [1.54, 1.807) is 19.1 Å². The second-order valence-electron chi connectivity index (χ2n) is 4.87. The number of nitrogens with one attached hydrogen (secondary N) is 1. The number of benzene rings is 1. The van der Waals surface area contributed by atoms with Gasteiger partial charge in [-0.2, -0.15) is 0 Å². The van der Waals surface area contributed by atoms with Crippen LogP contribution in [0.15, 0.2) is 24.3 Å². The fourth-order valence-corrected chi connectivity index (χ4v) is 2.01. The van der Waals surface area contributed by atoms with E-state index in [1.807, 2.05) is 17.0 Å². The maximum absolute atomic E-state index is 12.1. The summed E-state index contributed by atoms with van der Waals surface area (Å²) in [5, 5.41) is 3.11. The molecule has 0 aromatic heterocycles. The van der Waals surface area contributed by atoms with Crippen molar-refractivity contribution < 1.29 is 9.59 Å². The SMILES string of the molecule is CCCN(CCC)C(=O)CNc1ccc(C(C)=O)cc1. The van der Waals surface area contributed by atoms with Gasteiger partial charge in [0.2, 0.25) is 5.91 Å². The monoisotopic (exact) mass is 276 g/mol. The highest BCUT2D eigenvalue weighted by Crippen LogP contribution is 2.10. The molecule has 1 aromatic rings. The lowest BCUT2D eigenvalue weighted by atomic mass is 10.1. The summed E-state index contributed by atoms with van der Waals surface area (Å²) in [7, 11) is 0. The Balaban J connectivity index is 2.52. The zero-order valence-corrected chi connectivity index (χ0v) is 12.6. The summed E-state index contributed by atoms with van der Waals surface area (Å²) in [6.07, 6.45) is 1.94. The summed E-state index contributed by atoms with van der Waals surface area (Å²) in [6.45, 7) is 7.59. The third kappa shape index (κ3) is 5.03. The number of carbonyl (C=O) groups is 2. The molecular formula is C16H24N2O2. The standard InChI is InChI=1S/C16H24N2O2/c1-4-10-18(11-5-2)16(20)12-17-15-8-6-14(7-9-15)13(3)19/h6-9,17H,4-5,10-12H2,1-3H3. The molecule has 4 heteroatoms. The van der Waals surface area contributed by atoms with Gasteiger partial charge in [0.1, 0.15) is 0 Å². The molecule has 0 saturated heterocycles. The largest absolute Gasteiger partial charge is 0.376 e. The highest BCUT2D eigenvalue weighted by Gasteiger charge is 2.11. The van der Waals surface area contributed by atoms with Gasteiger partial charge in [-0.05, 0) is 44.0 Å². The summed E-state index contributed by atoms with van der Waals surface area (Å²) in [5.41, 5.74) is 1.54. The Morgan fingerprint density at radius 1 is 1.05 bits per heavy atom. The molecule has 0 unspecified atom stereocenters. The molecule has 0 aliphatic rings. The van der Waals surface area contributed by atoms with Crippen molar-refractivity contribution in [3.8, 4) is 0 Å². The minimum atomic E-state index is 0.0460. The van der Waals surface area contributed by atoms with Crippen LogP contribution in [0.1, 0.15) is 44.0 Å². The number of Topliss-reactive ketones (excluding diaryl/α,β-unsaturated/α-hetero) is 1. The number of anilines is 1. The summed E-state index contributed by atoms with van der Waals surface area (Å²) >= 11 is 0. The second kappa shape index (κ2) is 8.35. The van der Waals surface area contributed by atoms with Gasteiger partial charge >= 0.3 is 0 Å². The molecule has 20 heavy (non-hydrogen) atoms. The van der Waals surface area contributed by atoms with Gasteiger partial charge in [0.15, 0.2) is 5.78 Å². The molecule has 1 rings (SSSR count). The zero-order valence-electron chi connectivity index (χ0n) is 12.6. The van der Waals surface area contributed by atoms with Crippen LogP contribution in [0.5, 0.6) is 0 Å². The molecule has 110 valence electrons. The van der Waals surface area contributed by atoms with E-state index in [-0.39, 0.29) is 11.7 Å². The Kier molecular flexibility index (Phi) is 6.77. The van der Waals surface area contributed by atoms with Crippen LogP contribution in [-0.4, -0.2) is 36.2 Å². The normalized spacial score (nSPS) is 10.2. The van der Waals surface area contributed by atoms with E-state index in [2.05, 4.69) is 19.2 Å². The van der Waals surface area contributed by atoms with E-state index in [0.29, 0.717) is 12.1 Å². The summed E-state index contributed by atoms with van der Waals surface area (Å²) in [6, 6.07) is 7.19. The molecule has 1 aromatic carbocycles. The Bertz CT molecular complexity index is 434. The van der Waals surface area contributed by atoms with Gasteiger partial charge in [-0.1, -0.05) is 13.8 Å². The highest BCUT2D eigenvalue weighted by molar-refractivity contribution is 5.94. The maximum Gasteiger partial charge on any atom is 0.241 e. The van der Waals surface area contributed by atoms with Gasteiger partial charge in [0.05, 0.1) is 6.54 Å². The van der Waals surface area contributed by atoms with Crippen LogP contribution in [0.25, 0.3) is 0 Å². The fraction of sp³-hybridized carbons (Fsp3) is 0.500. The first-order valence-electron chi connectivity index (χ1n) is 7.21. The molecule has 4 nitrogen and oxygen atoms in total. The fourth-order valence-electron chi connectivity index (χ4n) is 2.01. The second-order valence-corrected chi connectivity index (χ2v) is 4.87. The number of rotatable bonds is 8. The smallest absolute Gasteiger partial charge is 0.241 e. The summed E-state index contributed by atoms with van der Waals surface area (Å²) < 4.78 is 0. The zero-order chi connectivity index (χ0) is 15.0. The predicted octanol–water partition coefficient (Wildman–Crippen LogP) is 2.95. The van der Waals surface area contributed by atoms with Crippen LogP contribution < -0.4 is 5.32 Å². The Morgan fingerprint density at radius 3 is 2.05 bits per heavy atom. The van der Waals surface area contributed by atoms with E-state index in [9.17, 15) is 9.59 Å². The molecule has 0 radical (unpaired) electrons. The first-order chi connectivity index (χ1) is 9.58. The van der Waals surface area contributed by atoms with Crippen molar-refractivity contribution in [3.63, 3.8) is 0 Å².